The molecule has 58 valence electrons. The number of imidazole rings is 1. The zero-order valence-corrected chi connectivity index (χ0v) is 7.83. The van der Waals surface area contributed by atoms with Crippen molar-refractivity contribution in [1.82, 2.24) is 9.38 Å². The molecular formula is C7H7ClN2S. The third kappa shape index (κ3) is 0.880. The summed E-state index contributed by atoms with van der Waals surface area (Å²) in [6.07, 6.45) is 1.68. The van der Waals surface area contributed by atoms with E-state index in [1.807, 2.05) is 11.3 Å². The van der Waals surface area contributed by atoms with Crippen LogP contribution in [0.4, 0.5) is 0 Å². The number of fused-ring (bicyclic) bond motifs is 1. The summed E-state index contributed by atoms with van der Waals surface area (Å²) < 4.78 is 1.96. The molecule has 0 saturated carbocycles. The van der Waals surface area contributed by atoms with Crippen LogP contribution in [0.25, 0.3) is 4.96 Å². The monoisotopic (exact) mass is 186 g/mol. The molecule has 0 fully saturated rings. The molecule has 0 amide bonds. The fourth-order valence-corrected chi connectivity index (χ4v) is 2.31. The van der Waals surface area contributed by atoms with Gasteiger partial charge >= 0.3 is 0 Å². The molecule has 0 saturated heterocycles. The van der Waals surface area contributed by atoms with Crippen molar-refractivity contribution in [2.45, 2.75) is 13.8 Å². The molecule has 0 aliphatic rings. The van der Waals surface area contributed by atoms with Crippen molar-refractivity contribution in [2.24, 2.45) is 0 Å². The van der Waals surface area contributed by atoms with Gasteiger partial charge in [-0.25, -0.2) is 4.98 Å². The fraction of sp³-hybridized carbons (Fsp3) is 0.286. The molecule has 2 heterocycles. The summed E-state index contributed by atoms with van der Waals surface area (Å²) in [6, 6.07) is 0. The summed E-state index contributed by atoms with van der Waals surface area (Å²) in [5.41, 5.74) is 1.19. The van der Waals surface area contributed by atoms with E-state index in [2.05, 4.69) is 11.9 Å². The van der Waals surface area contributed by atoms with Gasteiger partial charge in [-0.3, -0.25) is 4.40 Å². The van der Waals surface area contributed by atoms with Crippen molar-refractivity contribution in [3.8, 4) is 0 Å². The topological polar surface area (TPSA) is 17.3 Å². The Morgan fingerprint density at radius 3 is 2.91 bits per heavy atom. The van der Waals surface area contributed by atoms with Crippen molar-refractivity contribution >= 4 is 27.9 Å². The standard InChI is InChI=1S/C7H7ClN2S/c1-4-5(2)11-7-9-3-6(8)10(4)7/h3H,1-2H3. The molecule has 0 unspecified atom stereocenters. The molecule has 0 bridgehead atoms. The van der Waals surface area contributed by atoms with Crippen LogP contribution in [0, 0.1) is 13.8 Å². The fourth-order valence-electron chi connectivity index (χ4n) is 1.06. The van der Waals surface area contributed by atoms with Crippen LogP contribution >= 0.6 is 22.9 Å². The van der Waals surface area contributed by atoms with E-state index in [0.717, 1.165) is 4.96 Å². The minimum absolute atomic E-state index is 0.696. The summed E-state index contributed by atoms with van der Waals surface area (Å²) in [6.45, 7) is 4.12. The Labute approximate surface area is 73.4 Å². The highest BCUT2D eigenvalue weighted by molar-refractivity contribution is 7.17. The molecule has 2 rings (SSSR count). The van der Waals surface area contributed by atoms with Gasteiger partial charge in [-0.15, -0.1) is 11.3 Å². The molecular weight excluding hydrogens is 180 g/mol. The second-order valence-electron chi connectivity index (χ2n) is 2.44. The van der Waals surface area contributed by atoms with Crippen LogP contribution in [0.2, 0.25) is 5.15 Å². The predicted octanol–water partition coefficient (Wildman–Crippen LogP) is 2.67. The highest BCUT2D eigenvalue weighted by Gasteiger charge is 2.07. The van der Waals surface area contributed by atoms with Crippen LogP contribution in [0.15, 0.2) is 6.20 Å². The molecule has 0 aliphatic heterocycles. The van der Waals surface area contributed by atoms with Crippen molar-refractivity contribution in [3.05, 3.63) is 21.9 Å². The third-order valence-corrected chi connectivity index (χ3v) is 3.11. The number of rotatable bonds is 0. The molecule has 4 heteroatoms. The van der Waals surface area contributed by atoms with Crippen LogP contribution in [0.3, 0.4) is 0 Å². The molecule has 0 aliphatic carbocycles. The lowest BCUT2D eigenvalue weighted by atomic mass is 10.4. The second-order valence-corrected chi connectivity index (χ2v) is 4.01. The molecule has 0 atom stereocenters. The number of thiazole rings is 1. The van der Waals surface area contributed by atoms with Crippen LogP contribution in [0.5, 0.6) is 0 Å². The van der Waals surface area contributed by atoms with Crippen LogP contribution in [-0.2, 0) is 0 Å². The molecule has 2 nitrogen and oxygen atoms in total. The first kappa shape index (κ1) is 7.13. The largest absolute Gasteiger partial charge is 0.278 e. The average molecular weight is 187 g/mol. The van der Waals surface area contributed by atoms with Gasteiger partial charge < -0.3 is 0 Å². The minimum atomic E-state index is 0.696. The van der Waals surface area contributed by atoms with E-state index in [1.165, 1.54) is 10.6 Å². The smallest absolute Gasteiger partial charge is 0.195 e. The maximum Gasteiger partial charge on any atom is 0.195 e. The normalized spacial score (nSPS) is 11.2. The number of hydrogen-bond donors (Lipinski definition) is 0. The molecule has 0 aromatic carbocycles. The summed E-state index contributed by atoms with van der Waals surface area (Å²) in [4.78, 5) is 6.40. The minimum Gasteiger partial charge on any atom is -0.278 e. The lowest BCUT2D eigenvalue weighted by molar-refractivity contribution is 1.11. The third-order valence-electron chi connectivity index (χ3n) is 1.78. The van der Waals surface area contributed by atoms with Crippen molar-refractivity contribution in [3.63, 3.8) is 0 Å². The highest BCUT2D eigenvalue weighted by atomic mass is 35.5. The number of halogens is 1. The highest BCUT2D eigenvalue weighted by Crippen LogP contribution is 2.24. The van der Waals surface area contributed by atoms with Crippen LogP contribution in [-0.4, -0.2) is 9.38 Å². The quantitative estimate of drug-likeness (QED) is 0.619. The first-order chi connectivity index (χ1) is 5.20. The molecule has 0 spiro atoms. The van der Waals surface area contributed by atoms with E-state index >= 15 is 0 Å². The first-order valence-electron chi connectivity index (χ1n) is 3.29. The predicted molar refractivity (Wildman–Crippen MR) is 47.6 cm³/mol. The van der Waals surface area contributed by atoms with E-state index in [-0.39, 0.29) is 0 Å². The van der Waals surface area contributed by atoms with E-state index in [9.17, 15) is 0 Å². The van der Waals surface area contributed by atoms with Crippen LogP contribution < -0.4 is 0 Å². The summed E-state index contributed by atoms with van der Waals surface area (Å²) in [5, 5.41) is 0.696. The van der Waals surface area contributed by atoms with Gasteiger partial charge in [0.15, 0.2) is 4.96 Å². The van der Waals surface area contributed by atoms with Gasteiger partial charge in [-0.05, 0) is 13.8 Å². The van der Waals surface area contributed by atoms with Gasteiger partial charge in [-0.1, -0.05) is 11.6 Å². The van der Waals surface area contributed by atoms with Crippen LogP contribution in [0.1, 0.15) is 10.6 Å². The van der Waals surface area contributed by atoms with Crippen molar-refractivity contribution in [1.29, 1.82) is 0 Å². The molecule has 0 radical (unpaired) electrons. The summed E-state index contributed by atoms with van der Waals surface area (Å²) >= 11 is 7.57. The van der Waals surface area contributed by atoms with Gasteiger partial charge in [0.05, 0.1) is 6.20 Å². The zero-order valence-electron chi connectivity index (χ0n) is 6.26. The van der Waals surface area contributed by atoms with Gasteiger partial charge in [-0.2, -0.15) is 0 Å². The van der Waals surface area contributed by atoms with E-state index in [4.69, 9.17) is 11.6 Å². The van der Waals surface area contributed by atoms with E-state index in [1.54, 1.807) is 17.5 Å². The van der Waals surface area contributed by atoms with E-state index < -0.39 is 0 Å². The Morgan fingerprint density at radius 2 is 2.27 bits per heavy atom. The van der Waals surface area contributed by atoms with Crippen molar-refractivity contribution in [2.75, 3.05) is 0 Å². The number of aryl methyl sites for hydroxylation is 2. The zero-order chi connectivity index (χ0) is 8.01. The number of hydrogen-bond acceptors (Lipinski definition) is 2. The van der Waals surface area contributed by atoms with Gasteiger partial charge in [0.1, 0.15) is 5.15 Å². The second kappa shape index (κ2) is 2.22. The Kier molecular flexibility index (Phi) is 1.44. The number of nitrogens with zero attached hydrogens (tertiary/aromatic N) is 2. The first-order valence-corrected chi connectivity index (χ1v) is 4.48. The Hall–Kier alpha value is -0.540. The summed E-state index contributed by atoms with van der Waals surface area (Å²) in [7, 11) is 0. The molecule has 2 aromatic heterocycles. The Morgan fingerprint density at radius 1 is 1.55 bits per heavy atom. The Bertz CT molecular complexity index is 402. The van der Waals surface area contributed by atoms with Gasteiger partial charge in [0.2, 0.25) is 0 Å². The van der Waals surface area contributed by atoms with Crippen molar-refractivity contribution < 1.29 is 0 Å². The molecule has 11 heavy (non-hydrogen) atoms. The maximum absolute atomic E-state index is 5.90. The lowest BCUT2D eigenvalue weighted by Gasteiger charge is -1.90. The van der Waals surface area contributed by atoms with E-state index in [0.29, 0.717) is 5.15 Å². The summed E-state index contributed by atoms with van der Waals surface area (Å²) in [5.74, 6) is 0. The maximum atomic E-state index is 5.90. The molecule has 2 aromatic rings. The average Bonchev–Trinajstić information content (AvgIpc) is 2.41. The molecule has 0 N–H and O–H groups in total. The van der Waals surface area contributed by atoms with Gasteiger partial charge in [0, 0.05) is 10.6 Å². The SMILES string of the molecule is Cc1sc2ncc(Cl)n2c1C. The number of aromatic nitrogens is 2. The Balaban J connectivity index is 2.95. The lowest BCUT2D eigenvalue weighted by Crippen LogP contribution is -1.83. The van der Waals surface area contributed by atoms with Gasteiger partial charge in [0.25, 0.3) is 0 Å².